The molecule has 5 nitrogen and oxygen atoms in total. The normalized spacial score (nSPS) is 16.1. The number of hydrogen-bond donors (Lipinski definition) is 0. The summed E-state index contributed by atoms with van der Waals surface area (Å²) in [6.07, 6.45) is 1.86. The summed E-state index contributed by atoms with van der Waals surface area (Å²) in [5.74, 6) is -0.0634. The maximum Gasteiger partial charge on any atom is 0.338 e. The van der Waals surface area contributed by atoms with Crippen LogP contribution in [-0.4, -0.2) is 17.1 Å². The smallest absolute Gasteiger partial charge is 0.338 e. The third-order valence-electron chi connectivity index (χ3n) is 5.62. The molecule has 0 spiro atoms. The van der Waals surface area contributed by atoms with Crippen LogP contribution < -0.4 is 14.9 Å². The molecule has 2 heterocycles. The minimum Gasteiger partial charge on any atom is -0.463 e. The number of benzene rings is 2. The highest BCUT2D eigenvalue weighted by Crippen LogP contribution is 2.34. The summed E-state index contributed by atoms with van der Waals surface area (Å²) in [6, 6.07) is 14.7. The largest absolute Gasteiger partial charge is 0.463 e. The second-order valence-electron chi connectivity index (χ2n) is 8.15. The zero-order valence-electron chi connectivity index (χ0n) is 19.0. The molecule has 0 unspecified atom stereocenters. The average Bonchev–Trinajstić information content (AvgIpc) is 3.08. The van der Waals surface area contributed by atoms with Crippen molar-refractivity contribution < 1.29 is 9.53 Å². The molecule has 0 fully saturated rings. The van der Waals surface area contributed by atoms with E-state index in [1.807, 2.05) is 36.4 Å². The van der Waals surface area contributed by atoms with Crippen molar-refractivity contribution in [1.29, 1.82) is 0 Å². The van der Waals surface area contributed by atoms with E-state index in [1.165, 1.54) is 16.9 Å². The molecule has 0 N–H and O–H groups in total. The molecule has 0 amide bonds. The fourth-order valence-corrected chi connectivity index (χ4v) is 5.20. The summed E-state index contributed by atoms with van der Waals surface area (Å²) in [6.45, 7) is 8.02. The third kappa shape index (κ3) is 4.45. The molecule has 7 heteroatoms. The summed E-state index contributed by atoms with van der Waals surface area (Å²) >= 11 is 7.82. The van der Waals surface area contributed by atoms with Gasteiger partial charge in [0.05, 0.1) is 22.4 Å². The highest BCUT2D eigenvalue weighted by Gasteiger charge is 2.34. The monoisotopic (exact) mass is 480 g/mol. The summed E-state index contributed by atoms with van der Waals surface area (Å²) in [5.41, 5.74) is 3.45. The van der Waals surface area contributed by atoms with Crippen molar-refractivity contribution >= 4 is 35.0 Å². The maximum atomic E-state index is 13.6. The Morgan fingerprint density at radius 2 is 1.91 bits per heavy atom. The Labute approximate surface area is 201 Å². The van der Waals surface area contributed by atoms with Crippen LogP contribution in [0.4, 0.5) is 0 Å². The lowest BCUT2D eigenvalue weighted by Gasteiger charge is -2.25. The first-order chi connectivity index (χ1) is 15.8. The lowest BCUT2D eigenvalue weighted by molar-refractivity contribution is -0.139. The first-order valence-corrected chi connectivity index (χ1v) is 12.0. The van der Waals surface area contributed by atoms with Crippen LogP contribution in [0.15, 0.2) is 69.6 Å². The fraction of sp³-hybridized carbons (Fsp3) is 0.269. The average molecular weight is 481 g/mol. The molecule has 33 heavy (non-hydrogen) atoms. The highest BCUT2D eigenvalue weighted by molar-refractivity contribution is 7.07. The van der Waals surface area contributed by atoms with Gasteiger partial charge in [-0.1, -0.05) is 79.2 Å². The van der Waals surface area contributed by atoms with Crippen molar-refractivity contribution in [2.45, 2.75) is 39.7 Å². The van der Waals surface area contributed by atoms with E-state index in [4.69, 9.17) is 16.3 Å². The van der Waals surface area contributed by atoms with Crippen LogP contribution in [0.3, 0.4) is 0 Å². The van der Waals surface area contributed by atoms with Crippen LogP contribution in [0, 0.1) is 0 Å². The van der Waals surface area contributed by atoms with Crippen LogP contribution in [-0.2, 0) is 9.53 Å². The van der Waals surface area contributed by atoms with Crippen LogP contribution in [0.25, 0.3) is 6.08 Å². The Balaban J connectivity index is 1.92. The molecule has 0 saturated carbocycles. The number of halogens is 1. The predicted octanol–water partition coefficient (Wildman–Crippen LogP) is 4.58. The van der Waals surface area contributed by atoms with Crippen molar-refractivity contribution in [3.63, 3.8) is 0 Å². The van der Waals surface area contributed by atoms with E-state index >= 15 is 0 Å². The molecule has 0 radical (unpaired) electrons. The van der Waals surface area contributed by atoms with Gasteiger partial charge in [-0.15, -0.1) is 0 Å². The summed E-state index contributed by atoms with van der Waals surface area (Å²) in [7, 11) is 0. The number of allylic oxidation sites excluding steroid dienone is 1. The van der Waals surface area contributed by atoms with E-state index < -0.39 is 12.0 Å². The number of ether oxygens (including phenoxy) is 1. The molecule has 3 aromatic rings. The Kier molecular flexibility index (Phi) is 6.68. The number of rotatable bonds is 5. The molecule has 1 aromatic heterocycles. The van der Waals surface area contributed by atoms with E-state index in [-0.39, 0.29) is 12.2 Å². The minimum absolute atomic E-state index is 0.217. The summed E-state index contributed by atoms with van der Waals surface area (Å²) < 4.78 is 7.41. The summed E-state index contributed by atoms with van der Waals surface area (Å²) in [5, 5.41) is 0.470. The van der Waals surface area contributed by atoms with Gasteiger partial charge >= 0.3 is 5.97 Å². The number of esters is 1. The van der Waals surface area contributed by atoms with Gasteiger partial charge < -0.3 is 4.74 Å². The fourth-order valence-electron chi connectivity index (χ4n) is 3.91. The van der Waals surface area contributed by atoms with E-state index in [0.29, 0.717) is 37.1 Å². The summed E-state index contributed by atoms with van der Waals surface area (Å²) in [4.78, 5) is 31.6. The van der Waals surface area contributed by atoms with Crippen molar-refractivity contribution in [1.82, 2.24) is 4.57 Å². The molecule has 0 bridgehead atoms. The first-order valence-electron chi connectivity index (χ1n) is 10.9. The molecule has 1 aliphatic rings. The van der Waals surface area contributed by atoms with E-state index in [9.17, 15) is 9.59 Å². The predicted molar refractivity (Wildman–Crippen MR) is 132 cm³/mol. The molecule has 170 valence electrons. The molecule has 4 rings (SSSR count). The number of carbonyl (C=O) groups is 1. The Morgan fingerprint density at radius 1 is 1.21 bits per heavy atom. The zero-order valence-corrected chi connectivity index (χ0v) is 20.5. The lowest BCUT2D eigenvalue weighted by Crippen LogP contribution is -2.40. The van der Waals surface area contributed by atoms with Gasteiger partial charge in [-0.25, -0.2) is 9.79 Å². The number of hydrogen-bond acceptors (Lipinski definition) is 5. The standard InChI is InChI=1S/C26H25ClN2O3S/c1-5-32-25(31)22-16(4)28-26-29(23(22)19-8-6-7-9-20(19)27)24(30)21(33-26)14-17-10-12-18(13-11-17)15(2)3/h6-15,23H,5H2,1-4H3/t23-/m1/s1. The third-order valence-corrected chi connectivity index (χ3v) is 6.94. The molecule has 1 atom stereocenters. The topological polar surface area (TPSA) is 60.7 Å². The molecule has 2 aromatic carbocycles. The second kappa shape index (κ2) is 9.49. The van der Waals surface area contributed by atoms with Crippen LogP contribution in [0.2, 0.25) is 5.02 Å². The quantitative estimate of drug-likeness (QED) is 0.502. The van der Waals surface area contributed by atoms with Crippen LogP contribution in [0.1, 0.15) is 56.3 Å². The van der Waals surface area contributed by atoms with Gasteiger partial charge in [0, 0.05) is 5.02 Å². The Bertz CT molecular complexity index is 1410. The van der Waals surface area contributed by atoms with Crippen molar-refractivity contribution in [2.75, 3.05) is 6.61 Å². The van der Waals surface area contributed by atoms with Gasteiger partial charge in [0.25, 0.3) is 5.56 Å². The lowest BCUT2D eigenvalue weighted by atomic mass is 9.96. The number of thiazole rings is 1. The van der Waals surface area contributed by atoms with Gasteiger partial charge in [0.1, 0.15) is 6.04 Å². The Morgan fingerprint density at radius 3 is 2.55 bits per heavy atom. The van der Waals surface area contributed by atoms with E-state index in [1.54, 1.807) is 24.5 Å². The second-order valence-corrected chi connectivity index (χ2v) is 9.56. The van der Waals surface area contributed by atoms with Gasteiger partial charge in [-0.2, -0.15) is 0 Å². The number of aromatic nitrogens is 1. The minimum atomic E-state index is -0.709. The zero-order chi connectivity index (χ0) is 23.7. The van der Waals surface area contributed by atoms with Gasteiger partial charge in [-0.3, -0.25) is 9.36 Å². The molecular formula is C26H25ClN2O3S. The van der Waals surface area contributed by atoms with Crippen LogP contribution >= 0.6 is 22.9 Å². The molecule has 1 aliphatic heterocycles. The van der Waals surface area contributed by atoms with Gasteiger partial charge in [0.2, 0.25) is 0 Å². The van der Waals surface area contributed by atoms with Gasteiger partial charge in [0.15, 0.2) is 4.80 Å². The van der Waals surface area contributed by atoms with Crippen LogP contribution in [0.5, 0.6) is 0 Å². The Hall–Kier alpha value is -2.96. The van der Waals surface area contributed by atoms with Crippen molar-refractivity contribution in [3.05, 3.63) is 101 Å². The molecule has 0 saturated heterocycles. The first kappa shape index (κ1) is 23.2. The molecule has 0 aliphatic carbocycles. The van der Waals surface area contributed by atoms with Gasteiger partial charge in [-0.05, 0) is 48.6 Å². The maximum absolute atomic E-state index is 13.6. The molecular weight excluding hydrogens is 456 g/mol. The number of carbonyl (C=O) groups excluding carboxylic acids is 1. The van der Waals surface area contributed by atoms with E-state index in [0.717, 1.165) is 5.56 Å². The highest BCUT2D eigenvalue weighted by atomic mass is 35.5. The van der Waals surface area contributed by atoms with Crippen molar-refractivity contribution in [2.24, 2.45) is 4.99 Å². The van der Waals surface area contributed by atoms with E-state index in [2.05, 4.69) is 31.0 Å². The number of fused-ring (bicyclic) bond motifs is 1. The SMILES string of the molecule is CCOC(=O)C1=C(C)N=c2sc(=Cc3ccc(C(C)C)cc3)c(=O)n2[C@@H]1c1ccccc1Cl. The number of nitrogens with zero attached hydrogens (tertiary/aromatic N) is 2. The van der Waals surface area contributed by atoms with Crippen molar-refractivity contribution in [3.8, 4) is 0 Å².